The number of aryl methyl sites for hydroxylation is 1. The minimum absolute atomic E-state index is 0. The van der Waals surface area contributed by atoms with Crippen LogP contribution in [0.2, 0.25) is 0 Å². The number of aromatic nitrogens is 4. The van der Waals surface area contributed by atoms with Gasteiger partial charge in [-0.15, -0.1) is 0 Å². The fourth-order valence-corrected chi connectivity index (χ4v) is 1.09. The zero-order valence-corrected chi connectivity index (χ0v) is 7.76. The summed E-state index contributed by atoms with van der Waals surface area (Å²) in [4.78, 5) is 21.9. The average Bonchev–Trinajstić information content (AvgIpc) is 2.48. The van der Waals surface area contributed by atoms with E-state index in [9.17, 15) is 9.90 Å². The fraction of sp³-hybridized carbons (Fsp3) is 0.143. The molecule has 0 radical (unpaired) electrons. The van der Waals surface area contributed by atoms with Crippen molar-refractivity contribution in [2.75, 3.05) is 0 Å². The Balaban J connectivity index is 0.000000980. The first-order valence-corrected chi connectivity index (χ1v) is 3.53. The summed E-state index contributed by atoms with van der Waals surface area (Å²) in [5.74, 6) is -1.34. The van der Waals surface area contributed by atoms with E-state index in [1.807, 2.05) is 0 Å². The van der Waals surface area contributed by atoms with E-state index in [2.05, 4.69) is 15.0 Å². The quantitative estimate of drug-likeness (QED) is 0.419. The first-order chi connectivity index (χ1) is 6.20. The van der Waals surface area contributed by atoms with Crippen molar-refractivity contribution < 1.29 is 28.8 Å². The molecule has 0 aromatic carbocycles. The smallest absolute Gasteiger partial charge is 0.543 e. The number of carboxylic acids is 1. The van der Waals surface area contributed by atoms with Gasteiger partial charge in [0.25, 0.3) is 0 Å². The molecule has 0 aliphatic heterocycles. The van der Waals surface area contributed by atoms with Crippen LogP contribution >= 0.6 is 0 Å². The maximum absolute atomic E-state index is 10.6. The molecule has 0 unspecified atom stereocenters. The maximum Gasteiger partial charge on any atom is 1.00 e. The van der Waals surface area contributed by atoms with Crippen molar-refractivity contribution in [2.45, 2.75) is 0 Å². The van der Waals surface area contributed by atoms with Crippen molar-refractivity contribution in [3.8, 4) is 0 Å². The minimum Gasteiger partial charge on any atom is -0.543 e. The van der Waals surface area contributed by atoms with E-state index in [4.69, 9.17) is 0 Å². The van der Waals surface area contributed by atoms with Crippen LogP contribution in [0, 0.1) is 0 Å². The van der Waals surface area contributed by atoms with Gasteiger partial charge >= 0.3 is 18.9 Å². The van der Waals surface area contributed by atoms with E-state index in [-0.39, 0.29) is 30.1 Å². The molecule has 2 aromatic rings. The van der Waals surface area contributed by atoms with E-state index in [1.54, 1.807) is 11.6 Å². The summed E-state index contributed by atoms with van der Waals surface area (Å²) in [6.07, 6.45) is 2.65. The zero-order chi connectivity index (χ0) is 9.42. The van der Waals surface area contributed by atoms with Crippen molar-refractivity contribution in [1.82, 2.24) is 19.5 Å². The predicted molar refractivity (Wildman–Crippen MR) is 40.6 cm³/mol. The topological polar surface area (TPSA) is 83.7 Å². The van der Waals surface area contributed by atoms with Crippen LogP contribution in [-0.4, -0.2) is 25.5 Å². The zero-order valence-electron chi connectivity index (χ0n) is 7.76. The molecule has 2 heterocycles. The van der Waals surface area contributed by atoms with Crippen molar-refractivity contribution >= 4 is 17.1 Å². The van der Waals surface area contributed by atoms with Gasteiger partial charge in [-0.2, -0.15) is 0 Å². The van der Waals surface area contributed by atoms with Crippen LogP contribution in [-0.2, 0) is 7.05 Å². The van der Waals surface area contributed by atoms with Gasteiger partial charge in [0.05, 0.1) is 12.3 Å². The van der Waals surface area contributed by atoms with Crippen molar-refractivity contribution in [3.63, 3.8) is 0 Å². The Hall–Kier alpha value is -1.38. The van der Waals surface area contributed by atoms with Crippen molar-refractivity contribution in [1.29, 1.82) is 0 Å². The molecule has 0 atom stereocenters. The van der Waals surface area contributed by atoms with Crippen LogP contribution < -0.4 is 24.0 Å². The van der Waals surface area contributed by atoms with Gasteiger partial charge in [-0.05, 0) is 0 Å². The molecule has 0 aliphatic carbocycles. The van der Waals surface area contributed by atoms with Crippen LogP contribution in [0.25, 0.3) is 11.2 Å². The Bertz CT molecular complexity index is 481. The van der Waals surface area contributed by atoms with Gasteiger partial charge in [0.1, 0.15) is 17.5 Å². The molecule has 0 aliphatic rings. The third-order valence-corrected chi connectivity index (χ3v) is 1.69. The predicted octanol–water partition coefficient (Wildman–Crippen LogP) is -4.27. The Morgan fingerprint density at radius 3 is 2.79 bits per heavy atom. The van der Waals surface area contributed by atoms with Crippen LogP contribution in [0.15, 0.2) is 12.7 Å². The second kappa shape index (κ2) is 3.78. The number of carbonyl (C=O) groups is 1. The van der Waals surface area contributed by atoms with Gasteiger partial charge in [0, 0.05) is 7.05 Å². The SMILES string of the molecule is Cn1cnc2c(C(=O)[O-])ncnc21.[Li+]. The van der Waals surface area contributed by atoms with Crippen LogP contribution in [0.5, 0.6) is 0 Å². The molecule has 66 valence electrons. The molecule has 0 spiro atoms. The number of carbonyl (C=O) groups excluding carboxylic acids is 1. The molecular formula is C7H5LiN4O2. The number of imidazole rings is 1. The van der Waals surface area contributed by atoms with Crippen LogP contribution in [0.3, 0.4) is 0 Å². The second-order valence-electron chi connectivity index (χ2n) is 2.54. The maximum atomic E-state index is 10.6. The molecular weight excluding hydrogens is 179 g/mol. The molecule has 14 heavy (non-hydrogen) atoms. The van der Waals surface area contributed by atoms with Gasteiger partial charge in [0.2, 0.25) is 0 Å². The van der Waals surface area contributed by atoms with E-state index < -0.39 is 5.97 Å². The van der Waals surface area contributed by atoms with Gasteiger partial charge in [0.15, 0.2) is 5.65 Å². The summed E-state index contributed by atoms with van der Waals surface area (Å²) < 4.78 is 1.61. The normalized spacial score (nSPS) is 9.79. The minimum atomic E-state index is -1.34. The molecule has 0 fully saturated rings. The average molecular weight is 184 g/mol. The Kier molecular flexibility index (Phi) is 2.89. The second-order valence-corrected chi connectivity index (χ2v) is 2.54. The molecule has 0 bridgehead atoms. The van der Waals surface area contributed by atoms with Crippen LogP contribution in [0.4, 0.5) is 0 Å². The van der Waals surface area contributed by atoms with Gasteiger partial charge < -0.3 is 14.5 Å². The molecule has 7 heteroatoms. The number of aromatic carboxylic acids is 1. The van der Waals surface area contributed by atoms with E-state index in [0.717, 1.165) is 0 Å². The molecule has 0 saturated carbocycles. The monoisotopic (exact) mass is 184 g/mol. The van der Waals surface area contributed by atoms with Crippen molar-refractivity contribution in [3.05, 3.63) is 18.3 Å². The standard InChI is InChI=1S/C7H6N4O2.Li/c1-11-3-10-4-5(7(12)13)8-2-9-6(4)11;/h2-3H,1H3,(H,12,13);/q;+1/p-1. The van der Waals surface area contributed by atoms with E-state index in [1.165, 1.54) is 12.7 Å². The Morgan fingerprint density at radius 2 is 2.14 bits per heavy atom. The summed E-state index contributed by atoms with van der Waals surface area (Å²) in [5, 5.41) is 10.6. The molecule has 0 N–H and O–H groups in total. The molecule has 0 saturated heterocycles. The number of rotatable bonds is 1. The molecule has 2 aromatic heterocycles. The summed E-state index contributed by atoms with van der Waals surface area (Å²) in [7, 11) is 1.72. The molecule has 0 amide bonds. The largest absolute Gasteiger partial charge is 1.00 e. The number of carboxylic acid groups (broad SMARTS) is 1. The van der Waals surface area contributed by atoms with Crippen molar-refractivity contribution in [2.24, 2.45) is 7.05 Å². The third-order valence-electron chi connectivity index (χ3n) is 1.69. The first-order valence-electron chi connectivity index (χ1n) is 3.53. The number of nitrogens with zero attached hydrogens (tertiary/aromatic N) is 4. The van der Waals surface area contributed by atoms with Gasteiger partial charge in [-0.1, -0.05) is 0 Å². The number of fused-ring (bicyclic) bond motifs is 1. The van der Waals surface area contributed by atoms with Gasteiger partial charge in [-0.3, -0.25) is 0 Å². The molecule has 2 rings (SSSR count). The Labute approximate surface area is 91.2 Å². The first kappa shape index (κ1) is 10.7. The van der Waals surface area contributed by atoms with E-state index in [0.29, 0.717) is 5.65 Å². The summed E-state index contributed by atoms with van der Waals surface area (Å²) in [6, 6.07) is 0. The number of hydrogen-bond donors (Lipinski definition) is 0. The molecule has 6 nitrogen and oxygen atoms in total. The number of hydrogen-bond acceptors (Lipinski definition) is 5. The third kappa shape index (κ3) is 1.50. The Morgan fingerprint density at radius 1 is 1.43 bits per heavy atom. The van der Waals surface area contributed by atoms with Crippen LogP contribution in [0.1, 0.15) is 10.5 Å². The van der Waals surface area contributed by atoms with Gasteiger partial charge in [-0.25, -0.2) is 15.0 Å². The summed E-state index contributed by atoms with van der Waals surface area (Å²) in [6.45, 7) is 0. The van der Waals surface area contributed by atoms with E-state index >= 15 is 0 Å². The summed E-state index contributed by atoms with van der Waals surface area (Å²) in [5.41, 5.74) is 0.560. The fourth-order valence-electron chi connectivity index (χ4n) is 1.09. The summed E-state index contributed by atoms with van der Waals surface area (Å²) >= 11 is 0.